The first-order valence-corrected chi connectivity index (χ1v) is 7.29. The highest BCUT2D eigenvalue weighted by molar-refractivity contribution is 5.88. The van der Waals surface area contributed by atoms with E-state index in [0.717, 1.165) is 23.3 Å². The summed E-state index contributed by atoms with van der Waals surface area (Å²) in [5.74, 6) is 0.201. The summed E-state index contributed by atoms with van der Waals surface area (Å²) in [7, 11) is 0. The van der Waals surface area contributed by atoms with Gasteiger partial charge in [0.15, 0.2) is 0 Å². The van der Waals surface area contributed by atoms with Gasteiger partial charge in [0.05, 0.1) is 29.4 Å². The number of benzene rings is 2. The van der Waals surface area contributed by atoms with Gasteiger partial charge in [-0.2, -0.15) is 13.2 Å². The van der Waals surface area contributed by atoms with E-state index in [4.69, 9.17) is 4.74 Å². The third-order valence-electron chi connectivity index (χ3n) is 4.06. The fraction of sp³-hybridized carbons (Fsp3) is 0.176. The van der Waals surface area contributed by atoms with Crippen molar-refractivity contribution in [3.05, 3.63) is 58.0 Å². The highest BCUT2D eigenvalue weighted by atomic mass is 19.4. The first-order valence-electron chi connectivity index (χ1n) is 7.29. The van der Waals surface area contributed by atoms with Crippen LogP contribution in [0.3, 0.4) is 0 Å². The van der Waals surface area contributed by atoms with Crippen molar-refractivity contribution in [2.24, 2.45) is 0 Å². The molecule has 24 heavy (non-hydrogen) atoms. The van der Waals surface area contributed by atoms with Crippen molar-refractivity contribution in [3.8, 4) is 16.9 Å². The Morgan fingerprint density at radius 3 is 2.71 bits per heavy atom. The standard InChI is InChI=1S/C17H11F3N2O2/c18-17(19,20)9-1-2-11-10-3-4-13-16(21-8-15(23)22-13)12(10)5-6-24-14(11)7-9/h1-4,7-8H,5-6H2,(H,22,23). The number of rotatable bonds is 0. The molecule has 0 atom stereocenters. The second-order valence-electron chi connectivity index (χ2n) is 5.54. The average molecular weight is 332 g/mol. The van der Waals surface area contributed by atoms with Gasteiger partial charge in [0, 0.05) is 12.0 Å². The van der Waals surface area contributed by atoms with E-state index < -0.39 is 11.7 Å². The number of aromatic amines is 1. The molecule has 1 N–H and O–H groups in total. The van der Waals surface area contributed by atoms with Gasteiger partial charge in [0.1, 0.15) is 5.75 Å². The highest BCUT2D eigenvalue weighted by Gasteiger charge is 2.32. The highest BCUT2D eigenvalue weighted by Crippen LogP contribution is 2.41. The number of nitrogens with zero attached hydrogens (tertiary/aromatic N) is 1. The minimum Gasteiger partial charge on any atom is -0.493 e. The van der Waals surface area contributed by atoms with Crippen LogP contribution < -0.4 is 10.3 Å². The Hall–Kier alpha value is -2.83. The summed E-state index contributed by atoms with van der Waals surface area (Å²) < 4.78 is 44.2. The molecule has 0 aliphatic carbocycles. The minimum absolute atomic E-state index is 0.201. The molecule has 0 saturated carbocycles. The average Bonchev–Trinajstić information content (AvgIpc) is 2.72. The van der Waals surface area contributed by atoms with E-state index >= 15 is 0 Å². The third-order valence-corrected chi connectivity index (χ3v) is 4.06. The molecule has 0 spiro atoms. The van der Waals surface area contributed by atoms with Crippen LogP contribution in [0.1, 0.15) is 11.1 Å². The second-order valence-corrected chi connectivity index (χ2v) is 5.54. The molecule has 122 valence electrons. The van der Waals surface area contributed by atoms with Gasteiger partial charge in [0.25, 0.3) is 5.56 Å². The molecule has 4 rings (SSSR count). The number of fused-ring (bicyclic) bond motifs is 5. The van der Waals surface area contributed by atoms with Crippen molar-refractivity contribution in [2.75, 3.05) is 6.61 Å². The van der Waals surface area contributed by atoms with Crippen LogP contribution in [0.5, 0.6) is 5.75 Å². The maximum atomic E-state index is 12.9. The minimum atomic E-state index is -4.42. The van der Waals surface area contributed by atoms with Gasteiger partial charge in [-0.15, -0.1) is 0 Å². The normalized spacial score (nSPS) is 13.8. The van der Waals surface area contributed by atoms with Gasteiger partial charge < -0.3 is 9.72 Å². The molecule has 0 bridgehead atoms. The third kappa shape index (κ3) is 2.33. The van der Waals surface area contributed by atoms with E-state index in [-0.39, 0.29) is 17.9 Å². The molecular weight excluding hydrogens is 321 g/mol. The predicted molar refractivity (Wildman–Crippen MR) is 82.0 cm³/mol. The molecule has 0 fully saturated rings. The molecular formula is C17H11F3N2O2. The summed E-state index contributed by atoms with van der Waals surface area (Å²) in [5, 5.41) is 0. The zero-order valence-corrected chi connectivity index (χ0v) is 12.3. The summed E-state index contributed by atoms with van der Waals surface area (Å²) in [6.45, 7) is 0.237. The molecule has 4 nitrogen and oxygen atoms in total. The van der Waals surface area contributed by atoms with Crippen molar-refractivity contribution in [3.63, 3.8) is 0 Å². The molecule has 2 heterocycles. The first kappa shape index (κ1) is 14.7. The molecule has 7 heteroatoms. The smallest absolute Gasteiger partial charge is 0.416 e. The van der Waals surface area contributed by atoms with E-state index in [2.05, 4.69) is 9.97 Å². The second kappa shape index (κ2) is 5.09. The molecule has 0 radical (unpaired) electrons. The number of hydrogen-bond acceptors (Lipinski definition) is 3. The summed E-state index contributed by atoms with van der Waals surface area (Å²) in [4.78, 5) is 18.3. The number of halogens is 3. The molecule has 1 aromatic heterocycles. The number of aromatic nitrogens is 2. The molecule has 1 aliphatic heterocycles. The van der Waals surface area contributed by atoms with Crippen LogP contribution in [0.2, 0.25) is 0 Å². The van der Waals surface area contributed by atoms with Crippen LogP contribution in [0.4, 0.5) is 13.2 Å². The fourth-order valence-corrected chi connectivity index (χ4v) is 2.98. The lowest BCUT2D eigenvalue weighted by Gasteiger charge is -2.13. The Balaban J connectivity index is 1.96. The molecule has 2 aromatic carbocycles. The Kier molecular flexibility index (Phi) is 3.13. The number of ether oxygens (including phenoxy) is 1. The van der Waals surface area contributed by atoms with Gasteiger partial charge in [-0.3, -0.25) is 4.79 Å². The van der Waals surface area contributed by atoms with Crippen molar-refractivity contribution in [1.82, 2.24) is 9.97 Å². The number of H-pyrrole nitrogens is 1. The Labute approximate surface area is 133 Å². The number of nitrogens with one attached hydrogen (secondary N) is 1. The van der Waals surface area contributed by atoms with E-state index in [1.165, 1.54) is 12.3 Å². The topological polar surface area (TPSA) is 55.0 Å². The zero-order valence-electron chi connectivity index (χ0n) is 12.3. The molecule has 1 aliphatic rings. The van der Waals surface area contributed by atoms with Crippen LogP contribution in [0.25, 0.3) is 22.2 Å². The monoisotopic (exact) mass is 332 g/mol. The van der Waals surface area contributed by atoms with Crippen molar-refractivity contribution < 1.29 is 17.9 Å². The van der Waals surface area contributed by atoms with Crippen LogP contribution in [0, 0.1) is 0 Å². The summed E-state index contributed by atoms with van der Waals surface area (Å²) in [5.41, 5.74) is 2.38. The number of alkyl halides is 3. The fourth-order valence-electron chi connectivity index (χ4n) is 2.98. The van der Waals surface area contributed by atoms with Gasteiger partial charge in [-0.05, 0) is 29.3 Å². The van der Waals surface area contributed by atoms with Gasteiger partial charge >= 0.3 is 6.18 Å². The zero-order chi connectivity index (χ0) is 16.9. The molecule has 0 amide bonds. The first-order chi connectivity index (χ1) is 11.4. The number of hydrogen-bond donors (Lipinski definition) is 1. The van der Waals surface area contributed by atoms with Crippen LogP contribution >= 0.6 is 0 Å². The van der Waals surface area contributed by atoms with Gasteiger partial charge in [0.2, 0.25) is 0 Å². The maximum absolute atomic E-state index is 12.9. The van der Waals surface area contributed by atoms with E-state index in [1.807, 2.05) is 0 Å². The summed E-state index contributed by atoms with van der Waals surface area (Å²) in [6.07, 6.45) is -2.73. The lowest BCUT2D eigenvalue weighted by Crippen LogP contribution is -2.07. The lowest BCUT2D eigenvalue weighted by atomic mass is 9.95. The summed E-state index contributed by atoms with van der Waals surface area (Å²) in [6, 6.07) is 6.96. The van der Waals surface area contributed by atoms with Crippen LogP contribution in [-0.2, 0) is 12.6 Å². The molecule has 0 unspecified atom stereocenters. The SMILES string of the molecule is O=c1cnc2c3c(ccc2[nH]1)-c1ccc(C(F)(F)F)cc1OCC3. The van der Waals surface area contributed by atoms with Crippen molar-refractivity contribution in [1.29, 1.82) is 0 Å². The quantitative estimate of drug-likeness (QED) is 0.685. The Morgan fingerprint density at radius 2 is 1.92 bits per heavy atom. The van der Waals surface area contributed by atoms with Crippen molar-refractivity contribution in [2.45, 2.75) is 12.6 Å². The van der Waals surface area contributed by atoms with E-state index in [1.54, 1.807) is 12.1 Å². The molecule has 0 saturated heterocycles. The predicted octanol–water partition coefficient (Wildman–Crippen LogP) is 3.54. The lowest BCUT2D eigenvalue weighted by molar-refractivity contribution is -0.137. The van der Waals surface area contributed by atoms with Crippen LogP contribution in [-0.4, -0.2) is 16.6 Å². The van der Waals surface area contributed by atoms with E-state index in [0.29, 0.717) is 23.0 Å². The van der Waals surface area contributed by atoms with Gasteiger partial charge in [-0.25, -0.2) is 4.98 Å². The van der Waals surface area contributed by atoms with Gasteiger partial charge in [-0.1, -0.05) is 12.1 Å². The Morgan fingerprint density at radius 1 is 1.12 bits per heavy atom. The van der Waals surface area contributed by atoms with E-state index in [9.17, 15) is 18.0 Å². The maximum Gasteiger partial charge on any atom is 0.416 e. The van der Waals surface area contributed by atoms with Crippen LogP contribution in [0.15, 0.2) is 41.3 Å². The molecule has 3 aromatic rings. The largest absolute Gasteiger partial charge is 0.493 e. The summed E-state index contributed by atoms with van der Waals surface area (Å²) >= 11 is 0. The van der Waals surface area contributed by atoms with Crippen molar-refractivity contribution >= 4 is 11.0 Å². The Bertz CT molecular complexity index is 1010.